The molecule has 0 atom stereocenters. The number of carbonyl (C=O) groups is 1. The Morgan fingerprint density at radius 3 is 2.79 bits per heavy atom. The fourth-order valence-corrected chi connectivity index (χ4v) is 1.76. The highest BCUT2D eigenvalue weighted by molar-refractivity contribution is 9.10. The van der Waals surface area contributed by atoms with Crippen molar-refractivity contribution in [2.45, 2.75) is 0 Å². The van der Waals surface area contributed by atoms with Crippen molar-refractivity contribution in [2.75, 3.05) is 11.9 Å². The zero-order valence-corrected chi connectivity index (χ0v) is 12.1. The Labute approximate surface area is 123 Å². The number of carbonyl (C=O) groups excluding carboxylic acids is 1. The van der Waals surface area contributed by atoms with E-state index >= 15 is 0 Å². The topological polar surface area (TPSA) is 51.2 Å². The Morgan fingerprint density at radius 1 is 1.32 bits per heavy atom. The molecule has 0 unspecified atom stereocenters. The minimum Gasteiger partial charge on any atom is -0.482 e. The predicted octanol–water partition coefficient (Wildman–Crippen LogP) is 3.52. The Kier molecular flexibility index (Phi) is 4.76. The van der Waals surface area contributed by atoms with Gasteiger partial charge in [0.05, 0.1) is 5.02 Å². The summed E-state index contributed by atoms with van der Waals surface area (Å²) in [5, 5.41) is 3.09. The van der Waals surface area contributed by atoms with Crippen molar-refractivity contribution in [1.82, 2.24) is 4.98 Å². The number of ether oxygens (including phenoxy) is 1. The molecule has 0 radical (unpaired) electrons. The summed E-state index contributed by atoms with van der Waals surface area (Å²) in [5.74, 6) is 0.647. The van der Waals surface area contributed by atoms with Crippen molar-refractivity contribution in [3.63, 3.8) is 0 Å². The molecule has 4 nitrogen and oxygen atoms in total. The van der Waals surface area contributed by atoms with Crippen LogP contribution in [-0.2, 0) is 4.79 Å². The van der Waals surface area contributed by atoms with Gasteiger partial charge in [0, 0.05) is 10.7 Å². The van der Waals surface area contributed by atoms with Gasteiger partial charge in [0.2, 0.25) is 0 Å². The summed E-state index contributed by atoms with van der Waals surface area (Å²) in [6, 6.07) is 10.5. The van der Waals surface area contributed by atoms with Crippen molar-refractivity contribution in [1.29, 1.82) is 0 Å². The van der Waals surface area contributed by atoms with Crippen molar-refractivity contribution >= 4 is 39.3 Å². The van der Waals surface area contributed by atoms with Gasteiger partial charge in [-0.25, -0.2) is 4.98 Å². The Balaban J connectivity index is 1.88. The van der Waals surface area contributed by atoms with E-state index in [1.165, 1.54) is 0 Å². The van der Waals surface area contributed by atoms with Gasteiger partial charge in [0.15, 0.2) is 6.61 Å². The number of pyridine rings is 1. The Morgan fingerprint density at radius 2 is 2.11 bits per heavy atom. The molecule has 0 fully saturated rings. The third-order valence-electron chi connectivity index (χ3n) is 2.19. The number of nitrogens with one attached hydrogen (secondary N) is 1. The molecule has 1 heterocycles. The minimum absolute atomic E-state index is 0.124. The highest BCUT2D eigenvalue weighted by atomic mass is 79.9. The van der Waals surface area contributed by atoms with E-state index in [4.69, 9.17) is 16.3 Å². The predicted molar refractivity (Wildman–Crippen MR) is 77.5 cm³/mol. The second-order valence-corrected chi connectivity index (χ2v) is 4.95. The Hall–Kier alpha value is -1.59. The van der Waals surface area contributed by atoms with Crippen LogP contribution >= 0.6 is 27.5 Å². The molecular formula is C13H10BrClN2O2. The lowest BCUT2D eigenvalue weighted by molar-refractivity contribution is -0.118. The van der Waals surface area contributed by atoms with E-state index < -0.39 is 0 Å². The number of hydrogen-bond donors (Lipinski definition) is 1. The monoisotopic (exact) mass is 340 g/mol. The highest BCUT2D eigenvalue weighted by Crippen LogP contribution is 2.22. The average molecular weight is 342 g/mol. The van der Waals surface area contributed by atoms with Crippen LogP contribution in [0.15, 0.2) is 47.1 Å². The summed E-state index contributed by atoms with van der Waals surface area (Å²) in [5.41, 5.74) is 0. The molecular weight excluding hydrogens is 332 g/mol. The van der Waals surface area contributed by atoms with Crippen molar-refractivity contribution in [3.8, 4) is 5.75 Å². The summed E-state index contributed by atoms with van der Waals surface area (Å²) in [6.07, 6.45) is 1.60. The van der Waals surface area contributed by atoms with Crippen LogP contribution in [0.25, 0.3) is 0 Å². The molecule has 2 aromatic rings. The number of hydrogen-bond acceptors (Lipinski definition) is 3. The zero-order valence-electron chi connectivity index (χ0n) is 9.77. The van der Waals surface area contributed by atoms with E-state index in [1.807, 2.05) is 0 Å². The molecule has 1 aromatic carbocycles. The molecule has 98 valence electrons. The first-order chi connectivity index (χ1) is 9.15. The van der Waals surface area contributed by atoms with Gasteiger partial charge in [0.1, 0.15) is 11.6 Å². The van der Waals surface area contributed by atoms with Crippen LogP contribution in [0.3, 0.4) is 0 Å². The van der Waals surface area contributed by atoms with Gasteiger partial charge < -0.3 is 10.1 Å². The maximum absolute atomic E-state index is 11.7. The van der Waals surface area contributed by atoms with Crippen molar-refractivity contribution in [3.05, 3.63) is 52.1 Å². The standard InChI is InChI=1S/C13H10BrClN2O2/c14-9-5-6-12(16-7-9)17-13(18)8-19-11-4-2-1-3-10(11)15/h1-7H,8H2,(H,16,17,18). The van der Waals surface area contributed by atoms with E-state index in [0.29, 0.717) is 16.6 Å². The summed E-state index contributed by atoms with van der Waals surface area (Å²) >= 11 is 9.18. The molecule has 2 rings (SSSR count). The number of halogens is 2. The zero-order chi connectivity index (χ0) is 13.7. The van der Waals surface area contributed by atoms with Crippen LogP contribution in [0.4, 0.5) is 5.82 Å². The number of aromatic nitrogens is 1. The third-order valence-corrected chi connectivity index (χ3v) is 2.97. The lowest BCUT2D eigenvalue weighted by Gasteiger charge is -2.08. The van der Waals surface area contributed by atoms with Crippen LogP contribution in [-0.4, -0.2) is 17.5 Å². The molecule has 0 spiro atoms. The largest absolute Gasteiger partial charge is 0.482 e. The van der Waals surface area contributed by atoms with Crippen LogP contribution in [0.2, 0.25) is 5.02 Å². The minimum atomic E-state index is -0.297. The molecule has 1 aromatic heterocycles. The SMILES string of the molecule is O=C(COc1ccccc1Cl)Nc1ccc(Br)cn1. The smallest absolute Gasteiger partial charge is 0.263 e. The molecule has 0 aliphatic carbocycles. The fourth-order valence-electron chi connectivity index (χ4n) is 1.33. The fraction of sp³-hybridized carbons (Fsp3) is 0.0769. The van der Waals surface area contributed by atoms with Gasteiger partial charge in [-0.1, -0.05) is 23.7 Å². The number of rotatable bonds is 4. The average Bonchev–Trinajstić information content (AvgIpc) is 2.40. The Bertz CT molecular complexity index is 575. The van der Waals surface area contributed by atoms with E-state index in [1.54, 1.807) is 42.6 Å². The number of nitrogens with zero attached hydrogens (tertiary/aromatic N) is 1. The van der Waals surface area contributed by atoms with Gasteiger partial charge in [0.25, 0.3) is 5.91 Å². The van der Waals surface area contributed by atoms with Gasteiger partial charge in [-0.05, 0) is 40.2 Å². The van der Waals surface area contributed by atoms with Gasteiger partial charge >= 0.3 is 0 Å². The van der Waals surface area contributed by atoms with Gasteiger partial charge in [-0.2, -0.15) is 0 Å². The quantitative estimate of drug-likeness (QED) is 0.926. The summed E-state index contributed by atoms with van der Waals surface area (Å²) in [6.45, 7) is -0.124. The lowest BCUT2D eigenvalue weighted by atomic mass is 10.3. The number of anilines is 1. The van der Waals surface area contributed by atoms with Crippen molar-refractivity contribution < 1.29 is 9.53 Å². The molecule has 0 saturated carbocycles. The van der Waals surface area contributed by atoms with E-state index in [9.17, 15) is 4.79 Å². The van der Waals surface area contributed by atoms with Crippen LogP contribution < -0.4 is 10.1 Å². The summed E-state index contributed by atoms with van der Waals surface area (Å²) < 4.78 is 6.16. The maximum Gasteiger partial charge on any atom is 0.263 e. The van der Waals surface area contributed by atoms with E-state index in [2.05, 4.69) is 26.2 Å². The molecule has 1 amide bonds. The van der Waals surface area contributed by atoms with E-state index in [-0.39, 0.29) is 12.5 Å². The van der Waals surface area contributed by atoms with Crippen LogP contribution in [0.1, 0.15) is 0 Å². The third kappa shape index (κ3) is 4.22. The number of para-hydroxylation sites is 1. The van der Waals surface area contributed by atoms with E-state index in [0.717, 1.165) is 4.47 Å². The van der Waals surface area contributed by atoms with Gasteiger partial charge in [-0.3, -0.25) is 4.79 Å². The molecule has 0 saturated heterocycles. The molecule has 1 N–H and O–H groups in total. The number of amides is 1. The van der Waals surface area contributed by atoms with Crippen molar-refractivity contribution in [2.24, 2.45) is 0 Å². The molecule has 19 heavy (non-hydrogen) atoms. The highest BCUT2D eigenvalue weighted by Gasteiger charge is 2.06. The van der Waals surface area contributed by atoms with Gasteiger partial charge in [-0.15, -0.1) is 0 Å². The normalized spacial score (nSPS) is 10.0. The second kappa shape index (κ2) is 6.54. The molecule has 0 bridgehead atoms. The van der Waals surface area contributed by atoms with Crippen LogP contribution in [0.5, 0.6) is 5.75 Å². The summed E-state index contributed by atoms with van der Waals surface area (Å²) in [7, 11) is 0. The summed E-state index contributed by atoms with van der Waals surface area (Å²) in [4.78, 5) is 15.7. The second-order valence-electron chi connectivity index (χ2n) is 3.63. The van der Waals surface area contributed by atoms with Crippen LogP contribution in [0, 0.1) is 0 Å². The molecule has 0 aliphatic rings. The first-order valence-electron chi connectivity index (χ1n) is 5.44. The molecule has 0 aliphatic heterocycles. The lowest BCUT2D eigenvalue weighted by Crippen LogP contribution is -2.20. The maximum atomic E-state index is 11.7. The first-order valence-corrected chi connectivity index (χ1v) is 6.61. The number of benzene rings is 1. The first kappa shape index (κ1) is 13.8. The molecule has 6 heteroatoms.